The summed E-state index contributed by atoms with van der Waals surface area (Å²) in [4.78, 5) is 12.3. The Morgan fingerprint density at radius 3 is 2.25 bits per heavy atom. The van der Waals surface area contributed by atoms with Gasteiger partial charge in [0.1, 0.15) is 0 Å². The van der Waals surface area contributed by atoms with E-state index in [4.69, 9.17) is 11.6 Å². The number of halogens is 1. The quantitative estimate of drug-likeness (QED) is 0.586. The van der Waals surface area contributed by atoms with Crippen LogP contribution in [0.15, 0.2) is 78.9 Å². The number of anilines is 1. The maximum atomic E-state index is 12.3. The lowest BCUT2D eigenvalue weighted by Crippen LogP contribution is -2.08. The number of ketones is 1. The van der Waals surface area contributed by atoms with Gasteiger partial charge in [0.15, 0.2) is 5.78 Å². The molecule has 0 amide bonds. The summed E-state index contributed by atoms with van der Waals surface area (Å²) in [5.74, 6) is 0.129. The Balaban J connectivity index is 1.57. The van der Waals surface area contributed by atoms with E-state index in [0.29, 0.717) is 18.0 Å². The molecule has 2 nitrogen and oxygen atoms in total. The SMILES string of the molecule is O=C(CCNc1cccc(Cl)c1)c1ccc(-c2ccccc2)cc1. The number of rotatable bonds is 6. The van der Waals surface area contributed by atoms with Gasteiger partial charge in [-0.25, -0.2) is 0 Å². The summed E-state index contributed by atoms with van der Waals surface area (Å²) in [6.45, 7) is 0.583. The second kappa shape index (κ2) is 7.80. The number of hydrogen-bond acceptors (Lipinski definition) is 2. The van der Waals surface area contributed by atoms with E-state index in [1.807, 2.05) is 66.7 Å². The van der Waals surface area contributed by atoms with E-state index in [0.717, 1.165) is 22.4 Å². The van der Waals surface area contributed by atoms with Crippen LogP contribution >= 0.6 is 11.6 Å². The molecule has 0 bridgehead atoms. The zero-order valence-electron chi connectivity index (χ0n) is 13.2. The van der Waals surface area contributed by atoms with Crippen LogP contribution in [0.2, 0.25) is 5.02 Å². The molecular formula is C21H18ClNO. The summed E-state index contributed by atoms with van der Waals surface area (Å²) in [6, 6.07) is 25.4. The van der Waals surface area contributed by atoms with Crippen molar-refractivity contribution in [2.45, 2.75) is 6.42 Å². The van der Waals surface area contributed by atoms with Crippen molar-refractivity contribution in [3.05, 3.63) is 89.4 Å². The van der Waals surface area contributed by atoms with Crippen molar-refractivity contribution in [3.8, 4) is 11.1 Å². The minimum atomic E-state index is 0.129. The Morgan fingerprint density at radius 1 is 0.833 bits per heavy atom. The Kier molecular flexibility index (Phi) is 5.29. The van der Waals surface area contributed by atoms with Crippen molar-refractivity contribution < 1.29 is 4.79 Å². The van der Waals surface area contributed by atoms with E-state index in [9.17, 15) is 4.79 Å². The van der Waals surface area contributed by atoms with Crippen LogP contribution in [0.1, 0.15) is 16.8 Å². The highest BCUT2D eigenvalue weighted by Gasteiger charge is 2.06. The van der Waals surface area contributed by atoms with Crippen molar-refractivity contribution >= 4 is 23.1 Å². The van der Waals surface area contributed by atoms with E-state index in [2.05, 4.69) is 17.4 Å². The molecule has 1 N–H and O–H groups in total. The second-order valence-electron chi connectivity index (χ2n) is 5.55. The molecule has 0 unspecified atom stereocenters. The minimum absolute atomic E-state index is 0.129. The molecular weight excluding hydrogens is 318 g/mol. The molecule has 3 aromatic rings. The average Bonchev–Trinajstić information content (AvgIpc) is 2.63. The van der Waals surface area contributed by atoms with Crippen LogP contribution in [-0.2, 0) is 0 Å². The Bertz CT molecular complexity index is 813. The number of Topliss-reactive ketones (excluding diaryl/α,β-unsaturated/α-hetero) is 1. The maximum Gasteiger partial charge on any atom is 0.164 e. The van der Waals surface area contributed by atoms with E-state index in [1.165, 1.54) is 0 Å². The fourth-order valence-electron chi connectivity index (χ4n) is 2.54. The normalized spacial score (nSPS) is 10.4. The van der Waals surface area contributed by atoms with Crippen LogP contribution in [0.25, 0.3) is 11.1 Å². The standard InChI is InChI=1S/C21H18ClNO/c22-19-7-4-8-20(15-19)23-14-13-21(24)18-11-9-17(10-12-18)16-5-2-1-3-6-16/h1-12,15,23H,13-14H2. The molecule has 0 atom stereocenters. The van der Waals surface area contributed by atoms with Crippen LogP contribution in [0.3, 0.4) is 0 Å². The number of benzene rings is 3. The number of hydrogen-bond donors (Lipinski definition) is 1. The van der Waals surface area contributed by atoms with Crippen molar-refractivity contribution in [2.24, 2.45) is 0 Å². The lowest BCUT2D eigenvalue weighted by molar-refractivity contribution is 0.0986. The molecule has 0 saturated heterocycles. The highest BCUT2D eigenvalue weighted by Crippen LogP contribution is 2.20. The molecule has 3 heteroatoms. The van der Waals surface area contributed by atoms with E-state index < -0.39 is 0 Å². The smallest absolute Gasteiger partial charge is 0.164 e. The van der Waals surface area contributed by atoms with E-state index in [-0.39, 0.29) is 5.78 Å². The third-order valence-electron chi connectivity index (χ3n) is 3.82. The van der Waals surface area contributed by atoms with Gasteiger partial charge in [-0.1, -0.05) is 72.3 Å². The van der Waals surface area contributed by atoms with Crippen LogP contribution in [-0.4, -0.2) is 12.3 Å². The minimum Gasteiger partial charge on any atom is -0.385 e. The molecule has 0 aromatic heterocycles. The van der Waals surface area contributed by atoms with Crippen molar-refractivity contribution in [1.29, 1.82) is 0 Å². The van der Waals surface area contributed by atoms with Gasteiger partial charge in [0.05, 0.1) is 0 Å². The van der Waals surface area contributed by atoms with Gasteiger partial charge in [-0.2, -0.15) is 0 Å². The molecule has 0 spiro atoms. The lowest BCUT2D eigenvalue weighted by Gasteiger charge is -2.07. The monoisotopic (exact) mass is 335 g/mol. The third-order valence-corrected chi connectivity index (χ3v) is 4.05. The Morgan fingerprint density at radius 2 is 1.54 bits per heavy atom. The zero-order chi connectivity index (χ0) is 16.8. The first-order valence-electron chi connectivity index (χ1n) is 7.90. The zero-order valence-corrected chi connectivity index (χ0v) is 14.0. The van der Waals surface area contributed by atoms with Gasteiger partial charge in [-0.3, -0.25) is 4.79 Å². The van der Waals surface area contributed by atoms with Gasteiger partial charge in [0, 0.05) is 29.2 Å². The molecule has 0 aliphatic carbocycles. The largest absolute Gasteiger partial charge is 0.385 e. The topological polar surface area (TPSA) is 29.1 Å². The molecule has 3 aromatic carbocycles. The van der Waals surface area contributed by atoms with Gasteiger partial charge in [0.2, 0.25) is 0 Å². The molecule has 120 valence electrons. The summed E-state index contributed by atoms with van der Waals surface area (Å²) in [7, 11) is 0. The fourth-order valence-corrected chi connectivity index (χ4v) is 2.73. The van der Waals surface area contributed by atoms with Crippen LogP contribution in [0.4, 0.5) is 5.69 Å². The van der Waals surface area contributed by atoms with Gasteiger partial charge < -0.3 is 5.32 Å². The first-order valence-corrected chi connectivity index (χ1v) is 8.28. The number of nitrogens with one attached hydrogen (secondary N) is 1. The molecule has 0 aliphatic rings. The van der Waals surface area contributed by atoms with Gasteiger partial charge in [-0.05, 0) is 29.3 Å². The Hall–Kier alpha value is -2.58. The third kappa shape index (κ3) is 4.24. The van der Waals surface area contributed by atoms with Crippen LogP contribution in [0, 0.1) is 0 Å². The van der Waals surface area contributed by atoms with Crippen molar-refractivity contribution in [2.75, 3.05) is 11.9 Å². The van der Waals surface area contributed by atoms with E-state index >= 15 is 0 Å². The predicted octanol–water partition coefficient (Wildman–Crippen LogP) is 5.69. The summed E-state index contributed by atoms with van der Waals surface area (Å²) in [6.07, 6.45) is 0.442. The molecule has 0 aliphatic heterocycles. The first-order chi connectivity index (χ1) is 11.7. The lowest BCUT2D eigenvalue weighted by atomic mass is 10.0. The van der Waals surface area contributed by atoms with Crippen LogP contribution < -0.4 is 5.32 Å². The summed E-state index contributed by atoms with van der Waals surface area (Å²) >= 11 is 5.94. The summed E-state index contributed by atoms with van der Waals surface area (Å²) < 4.78 is 0. The highest BCUT2D eigenvalue weighted by molar-refractivity contribution is 6.30. The first kappa shape index (κ1) is 16.3. The van der Waals surface area contributed by atoms with Crippen molar-refractivity contribution in [3.63, 3.8) is 0 Å². The number of carbonyl (C=O) groups is 1. The molecule has 0 heterocycles. The predicted molar refractivity (Wildman–Crippen MR) is 101 cm³/mol. The molecule has 0 radical (unpaired) electrons. The average molecular weight is 336 g/mol. The van der Waals surface area contributed by atoms with Crippen LogP contribution in [0.5, 0.6) is 0 Å². The molecule has 24 heavy (non-hydrogen) atoms. The summed E-state index contributed by atoms with van der Waals surface area (Å²) in [5.41, 5.74) is 3.93. The second-order valence-corrected chi connectivity index (χ2v) is 5.99. The highest BCUT2D eigenvalue weighted by atomic mass is 35.5. The van der Waals surface area contributed by atoms with E-state index in [1.54, 1.807) is 0 Å². The summed E-state index contributed by atoms with van der Waals surface area (Å²) in [5, 5.41) is 3.90. The number of carbonyl (C=O) groups excluding carboxylic acids is 1. The van der Waals surface area contributed by atoms with Crippen molar-refractivity contribution in [1.82, 2.24) is 0 Å². The Labute approximate surface area is 147 Å². The maximum absolute atomic E-state index is 12.3. The van der Waals surface area contributed by atoms with Gasteiger partial charge in [0.25, 0.3) is 0 Å². The van der Waals surface area contributed by atoms with Gasteiger partial charge >= 0.3 is 0 Å². The van der Waals surface area contributed by atoms with Gasteiger partial charge in [-0.15, -0.1) is 0 Å². The fraction of sp³-hybridized carbons (Fsp3) is 0.0952. The molecule has 3 rings (SSSR count). The molecule has 0 fully saturated rings. The molecule has 0 saturated carbocycles.